The summed E-state index contributed by atoms with van der Waals surface area (Å²) in [5.74, 6) is -0.193. The fraction of sp³-hybridized carbons (Fsp3) is 0.0273. The third-order valence-electron chi connectivity index (χ3n) is 22.0. The van der Waals surface area contributed by atoms with Crippen LogP contribution in [0.3, 0.4) is 0 Å². The minimum absolute atomic E-state index is 0.0562. The van der Waals surface area contributed by atoms with Crippen LogP contribution in [0.2, 0.25) is 0 Å². The van der Waals surface area contributed by atoms with Crippen molar-refractivity contribution in [3.8, 4) is 22.3 Å². The van der Waals surface area contributed by atoms with Crippen molar-refractivity contribution in [1.29, 1.82) is 0 Å². The first-order chi connectivity index (χ1) is 60.5. The van der Waals surface area contributed by atoms with Crippen molar-refractivity contribution in [2.45, 2.75) is 20.8 Å². The average Bonchev–Trinajstić information content (AvgIpc) is 1.66. The number of hydrogen-bond donors (Lipinski definition) is 3. The summed E-state index contributed by atoms with van der Waals surface area (Å²) in [6.45, 7) is 4.66. The van der Waals surface area contributed by atoms with E-state index in [0.29, 0.717) is 0 Å². The summed E-state index contributed by atoms with van der Waals surface area (Å²) in [6, 6.07) is 136. The molecule has 0 aliphatic carbocycles. The van der Waals surface area contributed by atoms with Gasteiger partial charge in [0.25, 0.3) is 0 Å². The van der Waals surface area contributed by atoms with Gasteiger partial charge in [-0.15, -0.1) is 0 Å². The van der Waals surface area contributed by atoms with E-state index in [-0.39, 0.29) is 17.7 Å². The van der Waals surface area contributed by atoms with Crippen LogP contribution in [0.1, 0.15) is 20.8 Å². The summed E-state index contributed by atoms with van der Waals surface area (Å²) in [4.78, 5) is 39.8. The standard InChI is InChI=1S/C26H19NO2.C24H17NO2.C24H17NO.C22H15NO.C14H11NO2/c1-18(28)27(21-16-14-20(15-17-21)19-8-3-2-4-9-19)24-12-7-11-23-22-10-5-6-13-25(22)29-26(23)24;1-16(26)25(21-13-6-9-17-8-2-3-10-18(17)21)22-14-7-12-20-19-11-4-5-15-23(19)27-24(20)22;1-2-7-17(8-3-1)18-13-15-19(16-14-18)25-22-11-6-10-21-20-9-4-5-12-23(20)26-24(21)22;1-2-9-16-15(7-1)8-5-12-19(16)23-20-13-6-11-18-17-10-3-4-14-21(17)24-22(18)20;1-9(16)15-10-6-7-14-12(8-10)11-4-2-3-5-13(11)17-14/h2-17H,1H3;2-15H,1H3;1-16,25H;1-14,23H;2-8H,1H3,(H,15,16). The van der Waals surface area contributed by atoms with Crippen molar-refractivity contribution in [3.05, 3.63) is 406 Å². The first-order valence-corrected chi connectivity index (χ1v) is 40.7. The molecule has 13 heteroatoms. The minimum atomic E-state index is -0.0721. The highest BCUT2D eigenvalue weighted by molar-refractivity contribution is 6.18. The molecule has 123 heavy (non-hydrogen) atoms. The Morgan fingerprint density at radius 2 is 0.553 bits per heavy atom. The number of amides is 3. The van der Waals surface area contributed by atoms with Gasteiger partial charge in [0.2, 0.25) is 17.7 Å². The van der Waals surface area contributed by atoms with Crippen molar-refractivity contribution in [2.24, 2.45) is 0 Å². The van der Waals surface area contributed by atoms with Crippen LogP contribution in [-0.4, -0.2) is 17.7 Å². The number of para-hydroxylation sites is 9. The predicted octanol–water partition coefficient (Wildman–Crippen LogP) is 30.4. The number of furan rings is 5. The highest BCUT2D eigenvalue weighted by Gasteiger charge is 2.24. The molecule has 3 amide bonds. The molecule has 0 atom stereocenters. The van der Waals surface area contributed by atoms with Crippen molar-refractivity contribution < 1.29 is 36.5 Å². The van der Waals surface area contributed by atoms with E-state index in [1.165, 1.54) is 28.8 Å². The lowest BCUT2D eigenvalue weighted by Gasteiger charge is -2.23. The van der Waals surface area contributed by atoms with Gasteiger partial charge in [0.1, 0.15) is 33.5 Å². The van der Waals surface area contributed by atoms with Crippen molar-refractivity contribution in [1.82, 2.24) is 0 Å². The Morgan fingerprint density at radius 3 is 1.05 bits per heavy atom. The summed E-state index contributed by atoms with van der Waals surface area (Å²) in [5, 5.41) is 25.1. The Labute approximate surface area is 707 Å². The molecular weight excluding hydrogens is 1520 g/mol. The van der Waals surface area contributed by atoms with Gasteiger partial charge in [-0.1, -0.05) is 297 Å². The molecule has 23 aromatic rings. The Balaban J connectivity index is 0.000000102. The molecule has 13 nitrogen and oxygen atoms in total. The monoisotopic (exact) mass is 1600 g/mol. The van der Waals surface area contributed by atoms with Gasteiger partial charge in [-0.2, -0.15) is 0 Å². The maximum absolute atomic E-state index is 12.7. The van der Waals surface area contributed by atoms with E-state index in [1.54, 1.807) is 23.6 Å². The number of hydrogen-bond acceptors (Lipinski definition) is 10. The molecule has 592 valence electrons. The fourth-order valence-electron chi connectivity index (χ4n) is 16.3. The molecule has 0 unspecified atom stereocenters. The number of rotatable bonds is 11. The van der Waals surface area contributed by atoms with Gasteiger partial charge in [-0.25, -0.2) is 0 Å². The third kappa shape index (κ3) is 15.6. The molecule has 23 rings (SSSR count). The second-order valence-corrected chi connectivity index (χ2v) is 29.9. The van der Waals surface area contributed by atoms with Crippen LogP contribution in [0.5, 0.6) is 0 Å². The number of anilines is 9. The summed E-state index contributed by atoms with van der Waals surface area (Å²) >= 11 is 0. The number of nitrogens with zero attached hydrogens (tertiary/aromatic N) is 2. The van der Waals surface area contributed by atoms with Crippen molar-refractivity contribution in [3.63, 3.8) is 0 Å². The van der Waals surface area contributed by atoms with E-state index in [2.05, 4.69) is 180 Å². The molecule has 0 spiro atoms. The highest BCUT2D eigenvalue weighted by atomic mass is 16.3. The topological polar surface area (TPSA) is 159 Å². The van der Waals surface area contributed by atoms with Crippen LogP contribution in [0.4, 0.5) is 51.2 Å². The van der Waals surface area contributed by atoms with Crippen LogP contribution in [-0.2, 0) is 14.4 Å². The van der Waals surface area contributed by atoms with Gasteiger partial charge in [0.15, 0.2) is 22.3 Å². The van der Waals surface area contributed by atoms with Crippen LogP contribution in [0, 0.1) is 0 Å². The first kappa shape index (κ1) is 76.5. The second kappa shape index (κ2) is 33.8. The molecule has 0 saturated carbocycles. The number of nitrogens with one attached hydrogen (secondary N) is 3. The van der Waals surface area contributed by atoms with Crippen LogP contribution >= 0.6 is 0 Å². The first-order valence-electron chi connectivity index (χ1n) is 40.7. The Hall–Kier alpha value is -16.5. The predicted molar refractivity (Wildman–Crippen MR) is 507 cm³/mol. The van der Waals surface area contributed by atoms with Gasteiger partial charge < -0.3 is 38.0 Å². The molecule has 0 aliphatic heterocycles. The quantitative estimate of drug-likeness (QED) is 0.114. The van der Waals surface area contributed by atoms with Gasteiger partial charge in [0.05, 0.1) is 28.4 Å². The zero-order valence-electron chi connectivity index (χ0n) is 67.3. The highest BCUT2D eigenvalue weighted by Crippen LogP contribution is 2.44. The van der Waals surface area contributed by atoms with Gasteiger partial charge in [0, 0.05) is 108 Å². The summed E-state index contributed by atoms with van der Waals surface area (Å²) < 4.78 is 30.2. The molecule has 0 radical (unpaired) electrons. The molecule has 0 bridgehead atoms. The van der Waals surface area contributed by atoms with Crippen molar-refractivity contribution in [2.75, 3.05) is 25.8 Å². The number of benzene rings is 18. The van der Waals surface area contributed by atoms with E-state index < -0.39 is 0 Å². The molecule has 0 fully saturated rings. The zero-order valence-corrected chi connectivity index (χ0v) is 67.3. The van der Waals surface area contributed by atoms with E-state index in [9.17, 15) is 14.4 Å². The lowest BCUT2D eigenvalue weighted by Crippen LogP contribution is -2.23. The van der Waals surface area contributed by atoms with Crippen molar-refractivity contribution >= 4 is 200 Å². The average molecular weight is 1600 g/mol. The van der Waals surface area contributed by atoms with Gasteiger partial charge in [-0.3, -0.25) is 24.2 Å². The molecule has 5 heterocycles. The van der Waals surface area contributed by atoms with E-state index >= 15 is 0 Å². The molecule has 0 aliphatic rings. The Morgan fingerprint density at radius 1 is 0.228 bits per heavy atom. The van der Waals surface area contributed by atoms with Crippen LogP contribution < -0.4 is 25.8 Å². The van der Waals surface area contributed by atoms with Gasteiger partial charge >= 0.3 is 0 Å². The largest absolute Gasteiger partial charge is 0.456 e. The fourth-order valence-corrected chi connectivity index (χ4v) is 16.3. The SMILES string of the molecule is CC(=O)N(c1ccc(-c2ccccc2)cc1)c1cccc2c1oc1ccccc12.CC(=O)N(c1cccc2ccccc12)c1cccc2c1oc1ccccc12.CC(=O)Nc1ccc2oc3ccccc3c2c1.c1ccc(-c2ccc(Nc3cccc4c3oc3ccccc34)cc2)cc1.c1ccc2c(Nc3cccc4c3oc3ccccc34)cccc2c1. The molecular formula is C110H79N5O8. The van der Waals surface area contributed by atoms with E-state index in [4.69, 9.17) is 22.1 Å². The Bertz CT molecular complexity index is 7850. The maximum Gasteiger partial charge on any atom is 0.228 e. The normalized spacial score (nSPS) is 11.1. The minimum Gasteiger partial charge on any atom is -0.456 e. The van der Waals surface area contributed by atoms with Crippen LogP contribution in [0.25, 0.3) is 153 Å². The smallest absolute Gasteiger partial charge is 0.228 e. The summed E-state index contributed by atoms with van der Waals surface area (Å²) in [7, 11) is 0. The second-order valence-electron chi connectivity index (χ2n) is 29.9. The Kier molecular flexibility index (Phi) is 21.0. The van der Waals surface area contributed by atoms with Gasteiger partial charge in [-0.05, 0) is 142 Å². The number of carbonyl (C=O) groups is 3. The van der Waals surface area contributed by atoms with E-state index in [1.807, 2.05) is 243 Å². The van der Waals surface area contributed by atoms with Crippen LogP contribution in [0.15, 0.2) is 429 Å². The third-order valence-corrected chi connectivity index (χ3v) is 22.0. The van der Waals surface area contributed by atoms with E-state index in [0.717, 1.165) is 183 Å². The molecule has 0 saturated heterocycles. The summed E-state index contributed by atoms with van der Waals surface area (Å²) in [6.07, 6.45) is 0. The number of fused-ring (bicyclic) bond motifs is 17. The lowest BCUT2D eigenvalue weighted by atomic mass is 10.0. The molecule has 18 aromatic carbocycles. The number of carbonyl (C=O) groups excluding carboxylic acids is 3. The zero-order chi connectivity index (χ0) is 83.3. The lowest BCUT2D eigenvalue weighted by molar-refractivity contribution is -0.116. The molecule has 5 aromatic heterocycles. The maximum atomic E-state index is 12.7. The summed E-state index contributed by atoms with van der Waals surface area (Å²) in [5.41, 5.74) is 21.1. The molecule has 3 N–H and O–H groups in total.